The lowest BCUT2D eigenvalue weighted by Gasteiger charge is -2.20. The highest BCUT2D eigenvalue weighted by atomic mass is 16.5. The summed E-state index contributed by atoms with van der Waals surface area (Å²) in [5.74, 6) is 0.0784. The van der Waals surface area contributed by atoms with E-state index in [0.717, 1.165) is 11.3 Å². The Morgan fingerprint density at radius 2 is 2.29 bits per heavy atom. The molecule has 4 nitrogen and oxygen atoms in total. The van der Waals surface area contributed by atoms with Crippen molar-refractivity contribution in [3.63, 3.8) is 0 Å². The summed E-state index contributed by atoms with van der Waals surface area (Å²) >= 11 is 0. The Morgan fingerprint density at radius 3 is 3.00 bits per heavy atom. The van der Waals surface area contributed by atoms with Crippen LogP contribution in [0.5, 0.6) is 0 Å². The molecular formula is C13H15NO3. The number of likely N-dealkylation sites (N-methyl/N-ethyl adjacent to an activating group) is 1. The molecule has 0 radical (unpaired) electrons. The van der Waals surface area contributed by atoms with Gasteiger partial charge in [0.25, 0.3) is 0 Å². The highest BCUT2D eigenvalue weighted by Crippen LogP contribution is 2.47. The maximum atomic E-state index is 12.4. The summed E-state index contributed by atoms with van der Waals surface area (Å²) in [5.41, 5.74) is 1.42. The molecule has 1 saturated heterocycles. The number of aliphatic hydroxyl groups is 1. The SMILES string of the molecule is CN1C(=O)[C@]2(CO[C@@H](CO)C2)c2ccccc21. The molecular weight excluding hydrogens is 218 g/mol. The molecule has 0 aliphatic carbocycles. The van der Waals surface area contributed by atoms with Gasteiger partial charge in [-0.15, -0.1) is 0 Å². The maximum Gasteiger partial charge on any atom is 0.239 e. The second kappa shape index (κ2) is 3.55. The van der Waals surface area contributed by atoms with Crippen molar-refractivity contribution in [1.29, 1.82) is 0 Å². The summed E-state index contributed by atoms with van der Waals surface area (Å²) in [6, 6.07) is 7.81. The Kier molecular flexibility index (Phi) is 2.24. The fourth-order valence-electron chi connectivity index (χ4n) is 2.94. The third-order valence-electron chi connectivity index (χ3n) is 3.84. The molecule has 2 atom stereocenters. The number of hydrogen-bond donors (Lipinski definition) is 1. The Morgan fingerprint density at radius 1 is 1.53 bits per heavy atom. The van der Waals surface area contributed by atoms with Crippen LogP contribution in [0.3, 0.4) is 0 Å². The molecule has 0 aromatic heterocycles. The van der Waals surface area contributed by atoms with Gasteiger partial charge < -0.3 is 14.7 Å². The van der Waals surface area contributed by atoms with E-state index < -0.39 is 5.41 Å². The molecule has 2 aliphatic heterocycles. The standard InChI is InChI=1S/C13H15NO3/c1-14-11-5-3-2-4-10(11)13(12(14)16)6-9(7-15)17-8-13/h2-5,9,15H,6-8H2,1H3/t9-,13-/m1/s1. The molecule has 2 heterocycles. The molecule has 90 valence electrons. The average molecular weight is 233 g/mol. The van der Waals surface area contributed by atoms with Crippen LogP contribution in [-0.4, -0.2) is 37.4 Å². The van der Waals surface area contributed by atoms with Crippen molar-refractivity contribution in [3.8, 4) is 0 Å². The first-order valence-corrected chi connectivity index (χ1v) is 5.79. The molecule has 0 unspecified atom stereocenters. The van der Waals surface area contributed by atoms with Crippen LogP contribution in [0.4, 0.5) is 5.69 Å². The maximum absolute atomic E-state index is 12.4. The van der Waals surface area contributed by atoms with E-state index in [2.05, 4.69) is 0 Å². The lowest BCUT2D eigenvalue weighted by Crippen LogP contribution is -2.39. The van der Waals surface area contributed by atoms with Crippen molar-refractivity contribution in [1.82, 2.24) is 0 Å². The van der Waals surface area contributed by atoms with E-state index >= 15 is 0 Å². The minimum Gasteiger partial charge on any atom is -0.394 e. The first-order valence-electron chi connectivity index (χ1n) is 5.79. The molecule has 1 aromatic rings. The zero-order valence-electron chi connectivity index (χ0n) is 9.72. The summed E-state index contributed by atoms with van der Waals surface area (Å²) in [6.07, 6.45) is 0.349. The predicted molar refractivity (Wildman–Crippen MR) is 63.0 cm³/mol. The predicted octanol–water partition coefficient (Wildman–Crippen LogP) is 0.682. The van der Waals surface area contributed by atoms with Crippen molar-refractivity contribution >= 4 is 11.6 Å². The van der Waals surface area contributed by atoms with Crippen LogP contribution in [0.1, 0.15) is 12.0 Å². The van der Waals surface area contributed by atoms with E-state index in [1.165, 1.54) is 0 Å². The van der Waals surface area contributed by atoms with E-state index in [1.54, 1.807) is 11.9 Å². The summed E-state index contributed by atoms with van der Waals surface area (Å²) in [6.45, 7) is 0.347. The largest absolute Gasteiger partial charge is 0.394 e. The highest BCUT2D eigenvalue weighted by molar-refractivity contribution is 6.08. The van der Waals surface area contributed by atoms with E-state index in [1.807, 2.05) is 24.3 Å². The van der Waals surface area contributed by atoms with Gasteiger partial charge in [-0.2, -0.15) is 0 Å². The first-order chi connectivity index (χ1) is 8.19. The fourth-order valence-corrected chi connectivity index (χ4v) is 2.94. The molecule has 1 fully saturated rings. The zero-order chi connectivity index (χ0) is 12.0. The molecule has 1 N–H and O–H groups in total. The molecule has 2 aliphatic rings. The molecule has 1 aromatic carbocycles. The second-order valence-corrected chi connectivity index (χ2v) is 4.78. The number of benzene rings is 1. The molecule has 4 heteroatoms. The average Bonchev–Trinajstić information content (AvgIpc) is 2.89. The van der Waals surface area contributed by atoms with Crippen molar-refractivity contribution in [3.05, 3.63) is 29.8 Å². The second-order valence-electron chi connectivity index (χ2n) is 4.78. The number of ether oxygens (including phenoxy) is 1. The van der Waals surface area contributed by atoms with Gasteiger partial charge in [-0.05, 0) is 18.1 Å². The topological polar surface area (TPSA) is 49.8 Å². The smallest absolute Gasteiger partial charge is 0.239 e. The summed E-state index contributed by atoms with van der Waals surface area (Å²) in [4.78, 5) is 14.1. The summed E-state index contributed by atoms with van der Waals surface area (Å²) in [7, 11) is 1.79. The van der Waals surface area contributed by atoms with Crippen LogP contribution in [0.2, 0.25) is 0 Å². The number of para-hydroxylation sites is 1. The van der Waals surface area contributed by atoms with Gasteiger partial charge in [0.2, 0.25) is 5.91 Å². The molecule has 0 bridgehead atoms. The quantitative estimate of drug-likeness (QED) is 0.776. The van der Waals surface area contributed by atoms with Crippen LogP contribution in [-0.2, 0) is 14.9 Å². The van der Waals surface area contributed by atoms with Crippen molar-refractivity contribution < 1.29 is 14.6 Å². The van der Waals surface area contributed by atoms with Crippen LogP contribution in [0, 0.1) is 0 Å². The number of aliphatic hydroxyl groups excluding tert-OH is 1. The Hall–Kier alpha value is -1.39. The van der Waals surface area contributed by atoms with E-state index in [4.69, 9.17) is 9.84 Å². The minimum absolute atomic E-state index is 0.0269. The van der Waals surface area contributed by atoms with E-state index in [-0.39, 0.29) is 18.6 Å². The van der Waals surface area contributed by atoms with Gasteiger partial charge in [0.1, 0.15) is 5.41 Å². The molecule has 1 spiro atoms. The van der Waals surface area contributed by atoms with Crippen LogP contribution in [0.25, 0.3) is 0 Å². The number of fused-ring (bicyclic) bond motifs is 2. The third-order valence-corrected chi connectivity index (χ3v) is 3.84. The van der Waals surface area contributed by atoms with Gasteiger partial charge in [0.15, 0.2) is 0 Å². The minimum atomic E-state index is -0.571. The number of carbonyl (C=O) groups excluding carboxylic acids is 1. The number of carbonyl (C=O) groups is 1. The number of amides is 1. The van der Waals surface area contributed by atoms with Gasteiger partial charge in [0, 0.05) is 12.7 Å². The van der Waals surface area contributed by atoms with Gasteiger partial charge in [0.05, 0.1) is 19.3 Å². The molecule has 17 heavy (non-hydrogen) atoms. The highest BCUT2D eigenvalue weighted by Gasteiger charge is 2.54. The van der Waals surface area contributed by atoms with Crippen molar-refractivity contribution in [2.24, 2.45) is 0 Å². The van der Waals surface area contributed by atoms with Crippen molar-refractivity contribution in [2.45, 2.75) is 17.9 Å². The van der Waals surface area contributed by atoms with E-state index in [9.17, 15) is 4.79 Å². The monoisotopic (exact) mass is 233 g/mol. The lowest BCUT2D eigenvalue weighted by atomic mass is 9.80. The number of rotatable bonds is 1. The Balaban J connectivity index is 2.10. The van der Waals surface area contributed by atoms with Gasteiger partial charge in [-0.25, -0.2) is 0 Å². The fraction of sp³-hybridized carbons (Fsp3) is 0.462. The Labute approximate surface area is 99.8 Å². The third kappa shape index (κ3) is 1.28. The van der Waals surface area contributed by atoms with Crippen LogP contribution >= 0.6 is 0 Å². The normalized spacial score (nSPS) is 31.3. The molecule has 3 rings (SSSR count). The number of hydrogen-bond acceptors (Lipinski definition) is 3. The zero-order valence-corrected chi connectivity index (χ0v) is 9.72. The first kappa shape index (κ1) is 10.7. The summed E-state index contributed by atoms with van der Waals surface area (Å²) in [5, 5.41) is 9.16. The van der Waals surface area contributed by atoms with Crippen LogP contribution < -0.4 is 4.90 Å². The number of nitrogens with zero attached hydrogens (tertiary/aromatic N) is 1. The van der Waals surface area contributed by atoms with Gasteiger partial charge >= 0.3 is 0 Å². The van der Waals surface area contributed by atoms with Crippen molar-refractivity contribution in [2.75, 3.05) is 25.2 Å². The number of anilines is 1. The molecule has 1 amide bonds. The van der Waals surface area contributed by atoms with E-state index in [0.29, 0.717) is 13.0 Å². The summed E-state index contributed by atoms with van der Waals surface area (Å²) < 4.78 is 5.52. The van der Waals surface area contributed by atoms with Crippen LogP contribution in [0.15, 0.2) is 24.3 Å². The van der Waals surface area contributed by atoms with Gasteiger partial charge in [-0.1, -0.05) is 18.2 Å². The Bertz CT molecular complexity index is 473. The lowest BCUT2D eigenvalue weighted by molar-refractivity contribution is -0.122. The van der Waals surface area contributed by atoms with Gasteiger partial charge in [-0.3, -0.25) is 4.79 Å². The molecule has 0 saturated carbocycles.